The molecule has 0 aliphatic carbocycles. The molecule has 0 saturated carbocycles. The minimum atomic E-state index is -0.190. The third kappa shape index (κ3) is 4.84. The third-order valence-corrected chi connectivity index (χ3v) is 4.59. The molecule has 3 rings (SSSR count). The molecule has 0 spiro atoms. The number of nitrogens with zero attached hydrogens (tertiary/aromatic N) is 1. The number of ether oxygens (including phenoxy) is 1. The number of amides is 1. The lowest BCUT2D eigenvalue weighted by atomic mass is 10.1. The van der Waals surface area contributed by atoms with Gasteiger partial charge in [-0.05, 0) is 30.3 Å². The predicted octanol–water partition coefficient (Wildman–Crippen LogP) is 3.78. The predicted molar refractivity (Wildman–Crippen MR) is 103 cm³/mol. The molecule has 1 fully saturated rings. The summed E-state index contributed by atoms with van der Waals surface area (Å²) in [6.45, 7) is 3.09. The summed E-state index contributed by atoms with van der Waals surface area (Å²) in [6, 6.07) is 14.6. The Bertz CT molecular complexity index is 788. The van der Waals surface area contributed by atoms with Crippen LogP contribution >= 0.6 is 11.6 Å². The van der Waals surface area contributed by atoms with Gasteiger partial charge in [0.1, 0.15) is 0 Å². The van der Waals surface area contributed by atoms with Crippen molar-refractivity contribution in [1.82, 2.24) is 0 Å². The first-order chi connectivity index (χ1) is 12.6. The molecule has 0 bridgehead atoms. The summed E-state index contributed by atoms with van der Waals surface area (Å²) in [7, 11) is 0. The zero-order valence-corrected chi connectivity index (χ0v) is 15.2. The molecule has 0 atom stereocenters. The lowest BCUT2D eigenvalue weighted by Gasteiger charge is -2.29. The number of anilines is 2. The second-order valence-electron chi connectivity index (χ2n) is 6.10. The van der Waals surface area contributed by atoms with Crippen LogP contribution in [-0.4, -0.2) is 38.0 Å². The van der Waals surface area contributed by atoms with Crippen molar-refractivity contribution in [2.45, 2.75) is 12.8 Å². The molecule has 0 unspecified atom stereocenters. The number of rotatable bonds is 6. The maximum atomic E-state index is 12.2. The van der Waals surface area contributed by atoms with Gasteiger partial charge in [0.2, 0.25) is 5.91 Å². The number of carbonyl (C=O) groups excluding carboxylic acids is 2. The van der Waals surface area contributed by atoms with Crippen molar-refractivity contribution in [1.29, 1.82) is 0 Å². The molecule has 2 aromatic rings. The average Bonchev–Trinajstić information content (AvgIpc) is 2.67. The van der Waals surface area contributed by atoms with Crippen LogP contribution in [0.2, 0.25) is 5.02 Å². The molecule has 5 nitrogen and oxygen atoms in total. The fraction of sp³-hybridized carbons (Fsp3) is 0.300. The molecule has 1 saturated heterocycles. The van der Waals surface area contributed by atoms with Crippen LogP contribution in [0.1, 0.15) is 23.2 Å². The van der Waals surface area contributed by atoms with Gasteiger partial charge in [-0.3, -0.25) is 9.59 Å². The zero-order chi connectivity index (χ0) is 18.4. The fourth-order valence-corrected chi connectivity index (χ4v) is 3.12. The molecule has 26 heavy (non-hydrogen) atoms. The molecular formula is C20H21ClN2O3. The average molecular weight is 373 g/mol. The van der Waals surface area contributed by atoms with E-state index in [0.29, 0.717) is 23.8 Å². The van der Waals surface area contributed by atoms with Gasteiger partial charge in [0, 0.05) is 42.9 Å². The number of carbonyl (C=O) groups is 2. The zero-order valence-electron chi connectivity index (χ0n) is 14.4. The summed E-state index contributed by atoms with van der Waals surface area (Å²) >= 11 is 6.02. The van der Waals surface area contributed by atoms with E-state index in [2.05, 4.69) is 10.2 Å². The second kappa shape index (κ2) is 8.83. The molecule has 1 amide bonds. The van der Waals surface area contributed by atoms with Crippen LogP contribution in [0.15, 0.2) is 48.5 Å². The molecule has 1 aliphatic heterocycles. The van der Waals surface area contributed by atoms with Crippen LogP contribution < -0.4 is 10.2 Å². The first kappa shape index (κ1) is 18.4. The Labute approximate surface area is 157 Å². The lowest BCUT2D eigenvalue weighted by molar-refractivity contribution is -0.116. The number of benzene rings is 2. The summed E-state index contributed by atoms with van der Waals surface area (Å²) in [5.41, 5.74) is 2.23. The van der Waals surface area contributed by atoms with E-state index in [4.69, 9.17) is 16.3 Å². The van der Waals surface area contributed by atoms with Gasteiger partial charge in [0.05, 0.1) is 18.2 Å². The topological polar surface area (TPSA) is 58.6 Å². The van der Waals surface area contributed by atoms with Crippen LogP contribution in [0.25, 0.3) is 0 Å². The summed E-state index contributed by atoms with van der Waals surface area (Å²) in [5.74, 6) is -0.322. The lowest BCUT2D eigenvalue weighted by Crippen LogP contribution is -2.36. The number of Topliss-reactive ketones (excluding diaryl/α,β-unsaturated/α-hetero) is 1. The van der Waals surface area contributed by atoms with Crippen molar-refractivity contribution in [3.05, 3.63) is 59.1 Å². The van der Waals surface area contributed by atoms with E-state index >= 15 is 0 Å². The first-order valence-corrected chi connectivity index (χ1v) is 9.01. The Morgan fingerprint density at radius 2 is 1.81 bits per heavy atom. The van der Waals surface area contributed by atoms with Crippen LogP contribution in [-0.2, 0) is 9.53 Å². The van der Waals surface area contributed by atoms with Crippen LogP contribution in [0, 0.1) is 0 Å². The van der Waals surface area contributed by atoms with E-state index < -0.39 is 0 Å². The highest BCUT2D eigenvalue weighted by Crippen LogP contribution is 2.21. The van der Waals surface area contributed by atoms with Gasteiger partial charge in [0.15, 0.2) is 5.78 Å². The standard InChI is InChI=1S/C20H21ClN2O3/c21-18-7-2-1-6-17(18)19(24)8-9-20(25)22-15-4-3-5-16(14-15)23-10-12-26-13-11-23/h1-7,14H,8-13H2,(H,22,25). The molecule has 136 valence electrons. The molecular weight excluding hydrogens is 352 g/mol. The van der Waals surface area contributed by atoms with Gasteiger partial charge in [-0.15, -0.1) is 0 Å². The molecule has 0 aromatic heterocycles. The maximum absolute atomic E-state index is 12.2. The van der Waals surface area contributed by atoms with E-state index in [-0.39, 0.29) is 24.5 Å². The number of halogens is 1. The van der Waals surface area contributed by atoms with Gasteiger partial charge < -0.3 is 15.0 Å². The molecule has 1 heterocycles. The van der Waals surface area contributed by atoms with E-state index in [1.54, 1.807) is 24.3 Å². The van der Waals surface area contributed by atoms with E-state index in [9.17, 15) is 9.59 Å². The van der Waals surface area contributed by atoms with Gasteiger partial charge in [-0.1, -0.05) is 29.8 Å². The van der Waals surface area contributed by atoms with Crippen molar-refractivity contribution in [3.8, 4) is 0 Å². The minimum Gasteiger partial charge on any atom is -0.378 e. The molecule has 0 radical (unpaired) electrons. The molecule has 2 aromatic carbocycles. The van der Waals surface area contributed by atoms with Crippen molar-refractivity contribution in [3.63, 3.8) is 0 Å². The van der Waals surface area contributed by atoms with Crippen molar-refractivity contribution < 1.29 is 14.3 Å². The van der Waals surface area contributed by atoms with E-state index in [0.717, 1.165) is 24.5 Å². The van der Waals surface area contributed by atoms with Crippen molar-refractivity contribution in [2.75, 3.05) is 36.5 Å². The minimum absolute atomic E-state index is 0.117. The SMILES string of the molecule is O=C(CCC(=O)c1ccccc1Cl)Nc1cccc(N2CCOCC2)c1. The Balaban J connectivity index is 1.55. The summed E-state index contributed by atoms with van der Waals surface area (Å²) in [4.78, 5) is 26.6. The normalized spacial score (nSPS) is 14.1. The van der Waals surface area contributed by atoms with E-state index in [1.807, 2.05) is 24.3 Å². The number of ketones is 1. The smallest absolute Gasteiger partial charge is 0.224 e. The van der Waals surface area contributed by atoms with Crippen molar-refractivity contribution >= 4 is 34.7 Å². The van der Waals surface area contributed by atoms with Gasteiger partial charge >= 0.3 is 0 Å². The van der Waals surface area contributed by atoms with Gasteiger partial charge in [-0.2, -0.15) is 0 Å². The highest BCUT2D eigenvalue weighted by Gasteiger charge is 2.14. The van der Waals surface area contributed by atoms with Crippen LogP contribution in [0.5, 0.6) is 0 Å². The highest BCUT2D eigenvalue weighted by molar-refractivity contribution is 6.34. The highest BCUT2D eigenvalue weighted by atomic mass is 35.5. The first-order valence-electron chi connectivity index (χ1n) is 8.64. The van der Waals surface area contributed by atoms with Crippen molar-refractivity contribution in [2.24, 2.45) is 0 Å². The van der Waals surface area contributed by atoms with E-state index in [1.165, 1.54) is 0 Å². The summed E-state index contributed by atoms with van der Waals surface area (Å²) in [6.07, 6.45) is 0.241. The Morgan fingerprint density at radius 1 is 1.04 bits per heavy atom. The largest absolute Gasteiger partial charge is 0.378 e. The summed E-state index contributed by atoms with van der Waals surface area (Å²) in [5, 5.41) is 3.27. The Kier molecular flexibility index (Phi) is 6.26. The third-order valence-electron chi connectivity index (χ3n) is 4.26. The number of hydrogen-bond donors (Lipinski definition) is 1. The van der Waals surface area contributed by atoms with Crippen LogP contribution in [0.4, 0.5) is 11.4 Å². The molecule has 1 aliphatic rings. The Morgan fingerprint density at radius 3 is 2.58 bits per heavy atom. The number of nitrogens with one attached hydrogen (secondary N) is 1. The van der Waals surface area contributed by atoms with Crippen LogP contribution in [0.3, 0.4) is 0 Å². The molecule has 1 N–H and O–H groups in total. The fourth-order valence-electron chi connectivity index (χ4n) is 2.87. The number of morpholine rings is 1. The molecule has 6 heteroatoms. The van der Waals surface area contributed by atoms with Gasteiger partial charge in [-0.25, -0.2) is 0 Å². The Hall–Kier alpha value is -2.37. The number of hydrogen-bond acceptors (Lipinski definition) is 4. The second-order valence-corrected chi connectivity index (χ2v) is 6.51. The monoisotopic (exact) mass is 372 g/mol. The van der Waals surface area contributed by atoms with Gasteiger partial charge in [0.25, 0.3) is 0 Å². The quantitative estimate of drug-likeness (QED) is 0.784. The summed E-state index contributed by atoms with van der Waals surface area (Å²) < 4.78 is 5.36. The maximum Gasteiger partial charge on any atom is 0.224 e.